The molecule has 94 valence electrons. The first-order valence-corrected chi connectivity index (χ1v) is 5.10. The number of carbonyl (C=O) groups is 2. The number of nitro groups is 1. The van der Waals surface area contributed by atoms with Gasteiger partial charge in [-0.3, -0.25) is 25.1 Å². The number of amides is 2. The molecule has 2 rings (SSSR count). The van der Waals surface area contributed by atoms with Crippen molar-refractivity contribution in [3.05, 3.63) is 33.9 Å². The van der Waals surface area contributed by atoms with Crippen LogP contribution in [0, 0.1) is 10.1 Å². The molecular formula is C10H10N4O4. The highest BCUT2D eigenvalue weighted by Crippen LogP contribution is 2.31. The van der Waals surface area contributed by atoms with Gasteiger partial charge in [0.25, 0.3) is 11.6 Å². The van der Waals surface area contributed by atoms with Crippen molar-refractivity contribution in [3.8, 4) is 0 Å². The Kier molecular flexibility index (Phi) is 2.94. The van der Waals surface area contributed by atoms with E-state index in [0.717, 1.165) is 0 Å². The van der Waals surface area contributed by atoms with Crippen LogP contribution in [0.2, 0.25) is 0 Å². The summed E-state index contributed by atoms with van der Waals surface area (Å²) in [4.78, 5) is 34.2. The number of hydrogen-bond donors (Lipinski definition) is 2. The van der Waals surface area contributed by atoms with Gasteiger partial charge in [0.05, 0.1) is 11.3 Å². The predicted octanol–water partition coefficient (Wildman–Crippen LogP) is -0.526. The normalized spacial score (nSPS) is 13.4. The molecule has 2 amide bonds. The third-order valence-corrected chi connectivity index (χ3v) is 2.67. The Labute approximate surface area is 101 Å². The molecule has 0 saturated carbocycles. The third-order valence-electron chi connectivity index (χ3n) is 2.67. The van der Waals surface area contributed by atoms with E-state index in [2.05, 4.69) is 0 Å². The Morgan fingerprint density at radius 2 is 2.28 bits per heavy atom. The second-order valence-electron chi connectivity index (χ2n) is 3.79. The highest BCUT2D eigenvalue weighted by molar-refractivity contribution is 6.05. The van der Waals surface area contributed by atoms with Crippen LogP contribution in [-0.2, 0) is 16.0 Å². The van der Waals surface area contributed by atoms with Gasteiger partial charge in [-0.25, -0.2) is 5.84 Å². The minimum absolute atomic E-state index is 0.0505. The van der Waals surface area contributed by atoms with Crippen molar-refractivity contribution < 1.29 is 14.5 Å². The number of benzene rings is 1. The molecule has 18 heavy (non-hydrogen) atoms. The number of nitrogens with one attached hydrogen (secondary N) is 1. The first-order valence-electron chi connectivity index (χ1n) is 5.10. The van der Waals surface area contributed by atoms with Crippen molar-refractivity contribution in [1.29, 1.82) is 0 Å². The second kappa shape index (κ2) is 4.41. The number of nitro benzene ring substituents is 1. The summed E-state index contributed by atoms with van der Waals surface area (Å²) in [5.74, 6) is 4.16. The molecule has 1 aliphatic rings. The predicted molar refractivity (Wildman–Crippen MR) is 61.5 cm³/mol. The smallest absolute Gasteiger partial charge is 0.269 e. The van der Waals surface area contributed by atoms with Crippen LogP contribution in [0.3, 0.4) is 0 Å². The van der Waals surface area contributed by atoms with Crippen molar-refractivity contribution >= 4 is 23.2 Å². The lowest BCUT2D eigenvalue weighted by molar-refractivity contribution is -0.384. The lowest BCUT2D eigenvalue weighted by Crippen LogP contribution is -2.41. The molecule has 1 aromatic carbocycles. The maximum absolute atomic E-state index is 11.7. The summed E-state index contributed by atoms with van der Waals surface area (Å²) in [5, 5.41) is 10.6. The fraction of sp³-hybridized carbons (Fsp3) is 0.200. The van der Waals surface area contributed by atoms with Crippen LogP contribution in [0.25, 0.3) is 0 Å². The molecule has 3 N–H and O–H groups in total. The molecule has 0 atom stereocenters. The molecule has 0 unspecified atom stereocenters. The first-order chi connectivity index (χ1) is 8.52. The fourth-order valence-corrected chi connectivity index (χ4v) is 1.85. The van der Waals surface area contributed by atoms with Gasteiger partial charge in [0.15, 0.2) is 0 Å². The number of anilines is 1. The molecule has 1 aliphatic heterocycles. The molecule has 1 heterocycles. The molecular weight excluding hydrogens is 240 g/mol. The Hall–Kier alpha value is -2.48. The van der Waals surface area contributed by atoms with Crippen molar-refractivity contribution in [2.75, 3.05) is 11.4 Å². The summed E-state index contributed by atoms with van der Waals surface area (Å²) in [5.41, 5.74) is 2.90. The molecule has 8 nitrogen and oxygen atoms in total. The van der Waals surface area contributed by atoms with Crippen LogP contribution >= 0.6 is 0 Å². The van der Waals surface area contributed by atoms with Gasteiger partial charge in [0, 0.05) is 17.8 Å². The van der Waals surface area contributed by atoms with Crippen molar-refractivity contribution in [1.82, 2.24) is 5.43 Å². The van der Waals surface area contributed by atoms with E-state index in [0.29, 0.717) is 11.3 Å². The molecule has 0 saturated heterocycles. The van der Waals surface area contributed by atoms with E-state index in [9.17, 15) is 19.7 Å². The van der Waals surface area contributed by atoms with E-state index in [-0.39, 0.29) is 24.6 Å². The number of hydrazine groups is 1. The van der Waals surface area contributed by atoms with Crippen LogP contribution in [0.1, 0.15) is 5.56 Å². The fourth-order valence-electron chi connectivity index (χ4n) is 1.85. The Morgan fingerprint density at radius 3 is 2.89 bits per heavy atom. The number of hydrogen-bond acceptors (Lipinski definition) is 5. The monoisotopic (exact) mass is 250 g/mol. The summed E-state index contributed by atoms with van der Waals surface area (Å²) < 4.78 is 0. The van der Waals surface area contributed by atoms with Gasteiger partial charge in [-0.1, -0.05) is 0 Å². The largest absolute Gasteiger partial charge is 0.302 e. The number of rotatable bonds is 3. The highest BCUT2D eigenvalue weighted by Gasteiger charge is 2.30. The standard InChI is InChI=1S/C10H10N4O4/c11-12-9(15)5-13-8-2-1-7(14(17)18)3-6(8)4-10(13)16/h1-3H,4-5,11H2,(H,12,15). The van der Waals surface area contributed by atoms with Crippen LogP contribution in [0.4, 0.5) is 11.4 Å². The number of nitrogens with two attached hydrogens (primary N) is 1. The van der Waals surface area contributed by atoms with Gasteiger partial charge in [-0.2, -0.15) is 0 Å². The zero-order valence-corrected chi connectivity index (χ0v) is 9.25. The Balaban J connectivity index is 2.32. The van der Waals surface area contributed by atoms with E-state index in [4.69, 9.17) is 5.84 Å². The third kappa shape index (κ3) is 2.00. The topological polar surface area (TPSA) is 119 Å². The molecule has 0 bridgehead atoms. The number of non-ortho nitro benzene ring substituents is 1. The summed E-state index contributed by atoms with van der Waals surface area (Å²) in [6, 6.07) is 4.10. The average Bonchev–Trinajstić information content (AvgIpc) is 2.64. The van der Waals surface area contributed by atoms with Crippen molar-refractivity contribution in [2.24, 2.45) is 5.84 Å². The zero-order chi connectivity index (χ0) is 13.3. The van der Waals surface area contributed by atoms with E-state index in [1.165, 1.54) is 23.1 Å². The summed E-state index contributed by atoms with van der Waals surface area (Å²) >= 11 is 0. The van der Waals surface area contributed by atoms with E-state index in [1.54, 1.807) is 0 Å². The quantitative estimate of drug-likeness (QED) is 0.323. The maximum atomic E-state index is 11.7. The molecule has 0 aromatic heterocycles. The van der Waals surface area contributed by atoms with Crippen molar-refractivity contribution in [3.63, 3.8) is 0 Å². The maximum Gasteiger partial charge on any atom is 0.269 e. The number of fused-ring (bicyclic) bond motifs is 1. The second-order valence-corrected chi connectivity index (χ2v) is 3.79. The summed E-state index contributed by atoms with van der Waals surface area (Å²) in [7, 11) is 0. The van der Waals surface area contributed by atoms with E-state index in [1.807, 2.05) is 5.43 Å². The minimum Gasteiger partial charge on any atom is -0.302 e. The molecule has 0 fully saturated rings. The van der Waals surface area contributed by atoms with Crippen LogP contribution in [0.15, 0.2) is 18.2 Å². The van der Waals surface area contributed by atoms with Gasteiger partial charge < -0.3 is 4.90 Å². The summed E-state index contributed by atoms with van der Waals surface area (Å²) in [6.45, 7) is -0.194. The lowest BCUT2D eigenvalue weighted by atomic mass is 10.1. The molecule has 0 aliphatic carbocycles. The zero-order valence-electron chi connectivity index (χ0n) is 9.25. The SMILES string of the molecule is NNC(=O)CN1C(=O)Cc2cc([N+](=O)[O-])ccc21. The average molecular weight is 250 g/mol. The minimum atomic E-state index is -0.528. The summed E-state index contributed by atoms with van der Waals surface area (Å²) in [6.07, 6.45) is 0.0505. The molecule has 0 radical (unpaired) electrons. The molecule has 8 heteroatoms. The number of nitrogens with zero attached hydrogens (tertiary/aromatic N) is 2. The van der Waals surface area contributed by atoms with E-state index >= 15 is 0 Å². The van der Waals surface area contributed by atoms with Gasteiger partial charge in [0.2, 0.25) is 5.91 Å². The molecule has 1 aromatic rings. The van der Waals surface area contributed by atoms with Gasteiger partial charge in [-0.15, -0.1) is 0 Å². The van der Waals surface area contributed by atoms with Crippen LogP contribution in [-0.4, -0.2) is 23.3 Å². The number of carbonyl (C=O) groups excluding carboxylic acids is 2. The lowest BCUT2D eigenvalue weighted by Gasteiger charge is -2.15. The van der Waals surface area contributed by atoms with Gasteiger partial charge in [-0.05, 0) is 11.6 Å². The van der Waals surface area contributed by atoms with E-state index < -0.39 is 10.8 Å². The van der Waals surface area contributed by atoms with Crippen LogP contribution < -0.4 is 16.2 Å². The first kappa shape index (κ1) is 12.0. The van der Waals surface area contributed by atoms with Gasteiger partial charge in [0.1, 0.15) is 6.54 Å². The van der Waals surface area contributed by atoms with Crippen LogP contribution in [0.5, 0.6) is 0 Å². The Morgan fingerprint density at radius 1 is 1.56 bits per heavy atom. The molecule has 0 spiro atoms. The Bertz CT molecular complexity index is 543. The van der Waals surface area contributed by atoms with Gasteiger partial charge >= 0.3 is 0 Å². The van der Waals surface area contributed by atoms with Crippen molar-refractivity contribution in [2.45, 2.75) is 6.42 Å². The highest BCUT2D eigenvalue weighted by atomic mass is 16.6.